The number of amides is 1. The van der Waals surface area contributed by atoms with Gasteiger partial charge >= 0.3 is 0 Å². The van der Waals surface area contributed by atoms with Gasteiger partial charge in [0.1, 0.15) is 10.6 Å². The van der Waals surface area contributed by atoms with E-state index in [4.69, 9.17) is 16.7 Å². The van der Waals surface area contributed by atoms with Crippen molar-refractivity contribution < 1.29 is 18.3 Å². The number of carbonyl (C=O) groups excluding carboxylic acids is 1. The number of rotatable bonds is 4. The number of halogens is 3. The Hall–Kier alpha value is -1.46. The van der Waals surface area contributed by atoms with Crippen LogP contribution in [0.2, 0.25) is 5.02 Å². The Morgan fingerprint density at radius 3 is 2.60 bits per heavy atom. The lowest BCUT2D eigenvalue weighted by Gasteiger charge is -2.05. The average molecular weight is 512 g/mol. The fourth-order valence-electron chi connectivity index (χ4n) is 1.77. The molecule has 0 fully saturated rings. The first-order valence-electron chi connectivity index (χ1n) is 6.43. The van der Waals surface area contributed by atoms with Crippen LogP contribution in [0.25, 0.3) is 0 Å². The summed E-state index contributed by atoms with van der Waals surface area (Å²) < 4.78 is 24.0. The van der Waals surface area contributed by atoms with Gasteiger partial charge in [-0.3, -0.25) is 4.79 Å². The molecule has 0 heterocycles. The van der Waals surface area contributed by atoms with Crippen LogP contribution in [0, 0.1) is 0 Å². The highest BCUT2D eigenvalue weighted by atomic mass is 79.9. The quantitative estimate of drug-likeness (QED) is 0.432. The van der Waals surface area contributed by atoms with Crippen LogP contribution >= 0.6 is 43.5 Å². The van der Waals surface area contributed by atoms with E-state index in [0.717, 1.165) is 6.07 Å². The number of nitrogens with two attached hydrogens (primary N) is 1. The van der Waals surface area contributed by atoms with Crippen molar-refractivity contribution in [3.63, 3.8) is 0 Å². The maximum absolute atomic E-state index is 12.1. The summed E-state index contributed by atoms with van der Waals surface area (Å²) in [6, 6.07) is 6.87. The van der Waals surface area contributed by atoms with Crippen LogP contribution in [0.15, 0.2) is 49.3 Å². The molecule has 0 saturated heterocycles. The molecule has 2 aromatic carbocycles. The Labute approximate surface area is 165 Å². The number of nitrogens with zero attached hydrogens (tertiary/aromatic N) is 1. The molecule has 132 valence electrons. The topological polar surface area (TPSA) is 122 Å². The Morgan fingerprint density at radius 2 is 1.96 bits per heavy atom. The highest BCUT2D eigenvalue weighted by molar-refractivity contribution is 9.11. The van der Waals surface area contributed by atoms with Gasteiger partial charge in [-0.15, -0.1) is 0 Å². The number of hydrogen-bond donors (Lipinski definition) is 3. The fourth-order valence-corrected chi connectivity index (χ4v) is 4.10. The molecule has 0 spiro atoms. The first-order chi connectivity index (χ1) is 11.6. The molecule has 1 amide bonds. The molecule has 4 N–H and O–H groups in total. The van der Waals surface area contributed by atoms with Crippen LogP contribution in [0.1, 0.15) is 15.9 Å². The van der Waals surface area contributed by atoms with E-state index in [0.29, 0.717) is 14.5 Å². The van der Waals surface area contributed by atoms with E-state index in [1.165, 1.54) is 18.3 Å². The predicted molar refractivity (Wildman–Crippen MR) is 101 cm³/mol. The van der Waals surface area contributed by atoms with Gasteiger partial charge in [-0.05, 0) is 46.3 Å². The Balaban J connectivity index is 2.21. The first kappa shape index (κ1) is 19.9. The van der Waals surface area contributed by atoms with E-state index in [1.54, 1.807) is 12.1 Å². The normalized spacial score (nSPS) is 11.7. The Morgan fingerprint density at radius 1 is 1.28 bits per heavy atom. The summed E-state index contributed by atoms with van der Waals surface area (Å²) in [6.07, 6.45) is 1.24. The van der Waals surface area contributed by atoms with Crippen molar-refractivity contribution in [1.82, 2.24) is 5.43 Å². The standard InChI is InChI=1S/C14H10Br2ClN3O4S/c15-9-3-8(13(21)10(16)5-9)6-19-20-14(22)7-1-2-11(17)12(4-7)25(18,23)24/h1-6,21H,(H,20,22)(H2,18,23,24). The zero-order valence-corrected chi connectivity index (χ0v) is 16.9. The number of aromatic hydroxyl groups is 1. The van der Waals surface area contributed by atoms with E-state index >= 15 is 0 Å². The highest BCUT2D eigenvalue weighted by Crippen LogP contribution is 2.30. The van der Waals surface area contributed by atoms with Crippen LogP contribution in [0.3, 0.4) is 0 Å². The summed E-state index contributed by atoms with van der Waals surface area (Å²) in [5.41, 5.74) is 2.58. The zero-order chi connectivity index (χ0) is 18.8. The van der Waals surface area contributed by atoms with Crippen molar-refractivity contribution in [2.45, 2.75) is 4.90 Å². The van der Waals surface area contributed by atoms with Gasteiger partial charge in [-0.2, -0.15) is 5.10 Å². The van der Waals surface area contributed by atoms with Crippen LogP contribution in [0.5, 0.6) is 5.75 Å². The van der Waals surface area contributed by atoms with Crippen molar-refractivity contribution in [1.29, 1.82) is 0 Å². The summed E-state index contributed by atoms with van der Waals surface area (Å²) >= 11 is 12.2. The molecule has 0 aliphatic carbocycles. The van der Waals surface area contributed by atoms with Gasteiger partial charge in [0.25, 0.3) is 5.91 Å². The van der Waals surface area contributed by atoms with Gasteiger partial charge in [0.2, 0.25) is 10.0 Å². The van der Waals surface area contributed by atoms with Crippen molar-refractivity contribution in [2.24, 2.45) is 10.2 Å². The van der Waals surface area contributed by atoms with Crippen molar-refractivity contribution in [3.05, 3.63) is 55.4 Å². The summed E-state index contributed by atoms with van der Waals surface area (Å²) in [5.74, 6) is -0.726. The van der Waals surface area contributed by atoms with Crippen LogP contribution in [-0.2, 0) is 10.0 Å². The van der Waals surface area contributed by atoms with E-state index in [1.807, 2.05) is 0 Å². The minimum absolute atomic E-state index is 0.00483. The molecule has 0 aliphatic heterocycles. The fraction of sp³-hybridized carbons (Fsp3) is 0. The number of primary sulfonamides is 1. The van der Waals surface area contributed by atoms with Crippen LogP contribution < -0.4 is 10.6 Å². The van der Waals surface area contributed by atoms with E-state index in [2.05, 4.69) is 42.4 Å². The van der Waals surface area contributed by atoms with Crippen LogP contribution in [0.4, 0.5) is 0 Å². The second-order valence-corrected chi connectivity index (χ2v) is 8.42. The Kier molecular flexibility index (Phi) is 6.22. The summed E-state index contributed by atoms with van der Waals surface area (Å²) in [7, 11) is -4.06. The number of hydrogen-bond acceptors (Lipinski definition) is 5. The molecule has 0 saturated carbocycles. The third-order valence-electron chi connectivity index (χ3n) is 2.93. The summed E-state index contributed by atoms with van der Waals surface area (Å²) in [4.78, 5) is 11.7. The molecule has 0 aromatic heterocycles. The summed E-state index contributed by atoms with van der Waals surface area (Å²) in [6.45, 7) is 0. The Bertz CT molecular complexity index is 980. The van der Waals surface area contributed by atoms with Gasteiger partial charge in [0.05, 0.1) is 15.7 Å². The van der Waals surface area contributed by atoms with Crippen LogP contribution in [-0.4, -0.2) is 25.6 Å². The molecule has 2 rings (SSSR count). The van der Waals surface area contributed by atoms with Crippen molar-refractivity contribution >= 4 is 65.6 Å². The predicted octanol–water partition coefficient (Wildman–Crippen LogP) is 2.98. The van der Waals surface area contributed by atoms with Gasteiger partial charge < -0.3 is 5.11 Å². The maximum Gasteiger partial charge on any atom is 0.271 e. The average Bonchev–Trinajstić information content (AvgIpc) is 2.51. The lowest BCUT2D eigenvalue weighted by molar-refractivity contribution is 0.0955. The molecule has 0 unspecified atom stereocenters. The molecule has 7 nitrogen and oxygen atoms in total. The number of sulfonamides is 1. The molecule has 2 aromatic rings. The van der Waals surface area contributed by atoms with Crippen molar-refractivity contribution in [3.8, 4) is 5.75 Å². The third kappa shape index (κ3) is 5.02. The molecule has 0 radical (unpaired) electrons. The SMILES string of the molecule is NS(=O)(=O)c1cc(C(=O)NN=Cc2cc(Br)cc(Br)c2O)ccc1Cl. The van der Waals surface area contributed by atoms with E-state index in [-0.39, 0.29) is 21.2 Å². The molecule has 0 bridgehead atoms. The largest absolute Gasteiger partial charge is 0.506 e. The second-order valence-electron chi connectivity index (χ2n) is 4.71. The zero-order valence-electron chi connectivity index (χ0n) is 12.2. The number of phenols is 1. The minimum Gasteiger partial charge on any atom is -0.506 e. The van der Waals surface area contributed by atoms with Gasteiger partial charge in [-0.1, -0.05) is 27.5 Å². The number of carbonyl (C=O) groups is 1. The smallest absolute Gasteiger partial charge is 0.271 e. The minimum atomic E-state index is -4.06. The molecule has 0 atom stereocenters. The molecule has 25 heavy (non-hydrogen) atoms. The first-order valence-corrected chi connectivity index (χ1v) is 9.94. The maximum atomic E-state index is 12.1. The van der Waals surface area contributed by atoms with Gasteiger partial charge in [0.15, 0.2) is 0 Å². The highest BCUT2D eigenvalue weighted by Gasteiger charge is 2.16. The van der Waals surface area contributed by atoms with Gasteiger partial charge in [0, 0.05) is 15.6 Å². The van der Waals surface area contributed by atoms with Crippen molar-refractivity contribution in [2.75, 3.05) is 0 Å². The number of phenolic OH excluding ortho intramolecular Hbond substituents is 1. The number of hydrazone groups is 1. The molecular formula is C14H10Br2ClN3O4S. The summed E-state index contributed by atoms with van der Waals surface area (Å²) in [5, 5.41) is 18.6. The molecule has 0 aliphatic rings. The third-order valence-corrected chi connectivity index (χ3v) is 5.38. The lowest BCUT2D eigenvalue weighted by Crippen LogP contribution is -2.19. The van der Waals surface area contributed by atoms with E-state index < -0.39 is 15.9 Å². The second kappa shape index (κ2) is 7.83. The lowest BCUT2D eigenvalue weighted by atomic mass is 10.2. The van der Waals surface area contributed by atoms with Gasteiger partial charge in [-0.25, -0.2) is 19.0 Å². The number of nitrogens with one attached hydrogen (secondary N) is 1. The molecule has 11 heteroatoms. The number of benzene rings is 2. The van der Waals surface area contributed by atoms with E-state index in [9.17, 15) is 18.3 Å². The molecular weight excluding hydrogens is 501 g/mol. The monoisotopic (exact) mass is 509 g/mol.